The molecule has 1 atom stereocenters. The zero-order valence-electron chi connectivity index (χ0n) is 10.2. The summed E-state index contributed by atoms with van der Waals surface area (Å²) in [6, 6.07) is 3.21. The molecule has 0 amide bonds. The van der Waals surface area contributed by atoms with Gasteiger partial charge >= 0.3 is 0 Å². The van der Waals surface area contributed by atoms with Crippen molar-refractivity contribution in [1.29, 1.82) is 0 Å². The first-order chi connectivity index (χ1) is 8.74. The van der Waals surface area contributed by atoms with E-state index in [1.807, 2.05) is 4.72 Å². The number of pyridine rings is 1. The van der Waals surface area contributed by atoms with E-state index in [0.29, 0.717) is 5.56 Å². The second kappa shape index (κ2) is 4.23. The molecule has 0 aromatic carbocycles. The highest BCUT2D eigenvalue weighted by Gasteiger charge is 2.48. The highest BCUT2D eigenvalue weighted by molar-refractivity contribution is 7.88. The largest absolute Gasteiger partial charge is 0.501 e. The Morgan fingerprint density at radius 1 is 1.47 bits per heavy atom. The standard InChI is InChI=1S/C11H12N2O5S/c1-11(7-4-3-5-12-6-7)9(15)8(14)10(18-11)13-19(2,16)17/h3-6,13-14H,1-2H3. The monoisotopic (exact) mass is 284 g/mol. The maximum Gasteiger partial charge on any atom is 0.250 e. The number of rotatable bonds is 3. The third kappa shape index (κ3) is 2.39. The van der Waals surface area contributed by atoms with Crippen LogP contribution in [0.1, 0.15) is 12.5 Å². The van der Waals surface area contributed by atoms with Crippen molar-refractivity contribution >= 4 is 15.8 Å². The van der Waals surface area contributed by atoms with Gasteiger partial charge in [-0.1, -0.05) is 6.07 Å². The molecule has 1 aromatic heterocycles. The van der Waals surface area contributed by atoms with E-state index in [1.165, 1.54) is 19.3 Å². The average Bonchev–Trinajstić information content (AvgIpc) is 2.54. The average molecular weight is 284 g/mol. The van der Waals surface area contributed by atoms with Crippen molar-refractivity contribution in [3.8, 4) is 0 Å². The van der Waals surface area contributed by atoms with E-state index in [-0.39, 0.29) is 0 Å². The van der Waals surface area contributed by atoms with Crippen LogP contribution in [0, 0.1) is 0 Å². The van der Waals surface area contributed by atoms with Crippen molar-refractivity contribution in [2.75, 3.05) is 6.26 Å². The highest BCUT2D eigenvalue weighted by atomic mass is 32.2. The van der Waals surface area contributed by atoms with Gasteiger partial charge in [0.05, 0.1) is 6.26 Å². The minimum absolute atomic E-state index is 0.414. The summed E-state index contributed by atoms with van der Waals surface area (Å²) in [7, 11) is -3.66. The third-order valence-electron chi connectivity index (χ3n) is 2.66. The van der Waals surface area contributed by atoms with Crippen LogP contribution in [0.25, 0.3) is 0 Å². The molecule has 2 heterocycles. The first-order valence-corrected chi connectivity index (χ1v) is 7.18. The van der Waals surface area contributed by atoms with Crippen LogP contribution in [0.4, 0.5) is 0 Å². The second-order valence-electron chi connectivity index (χ2n) is 4.26. The molecule has 1 aliphatic rings. The van der Waals surface area contributed by atoms with E-state index in [2.05, 4.69) is 4.98 Å². The van der Waals surface area contributed by atoms with Gasteiger partial charge in [-0.15, -0.1) is 0 Å². The molecule has 0 saturated heterocycles. The number of aliphatic hydroxyl groups excluding tert-OH is 1. The van der Waals surface area contributed by atoms with Gasteiger partial charge in [-0.2, -0.15) is 0 Å². The molecule has 1 aliphatic heterocycles. The lowest BCUT2D eigenvalue weighted by Gasteiger charge is -2.22. The number of nitrogens with zero attached hydrogens (tertiary/aromatic N) is 1. The summed E-state index contributed by atoms with van der Waals surface area (Å²) >= 11 is 0. The fourth-order valence-corrected chi connectivity index (χ4v) is 2.18. The number of Topliss-reactive ketones (excluding diaryl/α,β-unsaturated/α-hetero) is 1. The minimum atomic E-state index is -3.66. The first-order valence-electron chi connectivity index (χ1n) is 5.29. The molecular formula is C11H12N2O5S. The lowest BCUT2D eigenvalue weighted by molar-refractivity contribution is -0.131. The Morgan fingerprint density at radius 2 is 2.16 bits per heavy atom. The van der Waals surface area contributed by atoms with E-state index < -0.39 is 33.0 Å². The molecule has 0 spiro atoms. The molecule has 2 rings (SSSR count). The fraction of sp³-hybridized carbons (Fsp3) is 0.273. The SMILES string of the molecule is CC1(c2cccnc2)OC(NS(C)(=O)=O)=C(O)C1=O. The Hall–Kier alpha value is -2.09. The van der Waals surface area contributed by atoms with Gasteiger partial charge in [-0.3, -0.25) is 14.5 Å². The summed E-state index contributed by atoms with van der Waals surface area (Å²) in [5.41, 5.74) is -1.08. The summed E-state index contributed by atoms with van der Waals surface area (Å²) < 4.78 is 29.5. The van der Waals surface area contributed by atoms with Crippen molar-refractivity contribution in [3.05, 3.63) is 41.7 Å². The molecule has 102 valence electrons. The molecule has 0 fully saturated rings. The number of ether oxygens (including phenoxy) is 1. The maximum absolute atomic E-state index is 12.0. The number of carbonyl (C=O) groups excluding carboxylic acids is 1. The van der Waals surface area contributed by atoms with Crippen molar-refractivity contribution in [3.63, 3.8) is 0 Å². The van der Waals surface area contributed by atoms with Gasteiger partial charge in [0.1, 0.15) is 0 Å². The second-order valence-corrected chi connectivity index (χ2v) is 6.01. The third-order valence-corrected chi connectivity index (χ3v) is 3.22. The molecule has 0 saturated carbocycles. The lowest BCUT2D eigenvalue weighted by atomic mass is 9.93. The lowest BCUT2D eigenvalue weighted by Crippen LogP contribution is -2.32. The number of carbonyl (C=O) groups is 1. The molecule has 19 heavy (non-hydrogen) atoms. The van der Waals surface area contributed by atoms with Crippen LogP contribution in [-0.2, 0) is 25.2 Å². The summed E-state index contributed by atoms with van der Waals surface area (Å²) in [5, 5.41) is 9.68. The summed E-state index contributed by atoms with van der Waals surface area (Å²) in [5.74, 6) is -1.96. The molecule has 0 bridgehead atoms. The molecule has 1 aromatic rings. The van der Waals surface area contributed by atoms with Gasteiger partial charge in [0.15, 0.2) is 0 Å². The van der Waals surface area contributed by atoms with Gasteiger partial charge in [0.2, 0.25) is 27.3 Å². The molecule has 8 heteroatoms. The van der Waals surface area contributed by atoms with Gasteiger partial charge in [-0.25, -0.2) is 8.42 Å². The van der Waals surface area contributed by atoms with Crippen LogP contribution in [0.2, 0.25) is 0 Å². The van der Waals surface area contributed by atoms with E-state index >= 15 is 0 Å². The zero-order valence-corrected chi connectivity index (χ0v) is 11.1. The predicted molar refractivity (Wildman–Crippen MR) is 65.3 cm³/mol. The minimum Gasteiger partial charge on any atom is -0.501 e. The Labute approximate surface area is 110 Å². The predicted octanol–water partition coefficient (Wildman–Crippen LogP) is 0.172. The van der Waals surface area contributed by atoms with Crippen molar-refractivity contribution < 1.29 is 23.1 Å². The number of aromatic nitrogens is 1. The van der Waals surface area contributed by atoms with E-state index in [9.17, 15) is 18.3 Å². The maximum atomic E-state index is 12.0. The Morgan fingerprint density at radius 3 is 2.68 bits per heavy atom. The van der Waals surface area contributed by atoms with Crippen LogP contribution < -0.4 is 4.72 Å². The number of sulfonamides is 1. The van der Waals surface area contributed by atoms with Crippen LogP contribution in [0.15, 0.2) is 36.2 Å². The van der Waals surface area contributed by atoms with Gasteiger partial charge in [-0.05, 0) is 13.0 Å². The van der Waals surface area contributed by atoms with E-state index in [1.54, 1.807) is 12.1 Å². The Kier molecular flexibility index (Phi) is 2.97. The van der Waals surface area contributed by atoms with Crippen LogP contribution in [0.5, 0.6) is 0 Å². The first kappa shape index (κ1) is 13.3. The van der Waals surface area contributed by atoms with Crippen LogP contribution in [-0.4, -0.2) is 30.5 Å². The molecule has 1 unspecified atom stereocenters. The van der Waals surface area contributed by atoms with Crippen LogP contribution in [0.3, 0.4) is 0 Å². The van der Waals surface area contributed by atoms with E-state index in [0.717, 1.165) is 6.26 Å². The molecule has 0 radical (unpaired) electrons. The smallest absolute Gasteiger partial charge is 0.250 e. The fourth-order valence-electron chi connectivity index (χ4n) is 1.70. The molecule has 2 N–H and O–H groups in total. The number of nitrogens with one attached hydrogen (secondary N) is 1. The van der Waals surface area contributed by atoms with Crippen molar-refractivity contribution in [2.24, 2.45) is 0 Å². The zero-order chi connectivity index (χ0) is 14.3. The molecule has 7 nitrogen and oxygen atoms in total. The molecular weight excluding hydrogens is 272 g/mol. The van der Waals surface area contributed by atoms with Gasteiger partial charge in [0.25, 0.3) is 5.78 Å². The Bertz CT molecular complexity index is 653. The number of aliphatic hydroxyl groups is 1. The van der Waals surface area contributed by atoms with E-state index in [4.69, 9.17) is 4.74 Å². The number of hydrogen-bond acceptors (Lipinski definition) is 6. The van der Waals surface area contributed by atoms with Crippen LogP contribution >= 0.6 is 0 Å². The van der Waals surface area contributed by atoms with Crippen molar-refractivity contribution in [2.45, 2.75) is 12.5 Å². The highest BCUT2D eigenvalue weighted by Crippen LogP contribution is 2.36. The summed E-state index contributed by atoms with van der Waals surface area (Å²) in [6.07, 6.45) is 3.82. The van der Waals surface area contributed by atoms with Gasteiger partial charge < -0.3 is 9.84 Å². The topological polar surface area (TPSA) is 106 Å². The summed E-state index contributed by atoms with van der Waals surface area (Å²) in [4.78, 5) is 15.9. The number of ketones is 1. The number of hydrogen-bond donors (Lipinski definition) is 2. The Balaban J connectivity index is 2.39. The molecule has 0 aliphatic carbocycles. The quantitative estimate of drug-likeness (QED) is 0.819. The van der Waals surface area contributed by atoms with Crippen molar-refractivity contribution in [1.82, 2.24) is 9.71 Å². The normalized spacial score (nSPS) is 23.4. The van der Waals surface area contributed by atoms with Gasteiger partial charge in [0, 0.05) is 18.0 Å². The summed E-state index contributed by atoms with van der Waals surface area (Å²) in [6.45, 7) is 1.43.